The van der Waals surface area contributed by atoms with Crippen LogP contribution >= 0.6 is 0 Å². The van der Waals surface area contributed by atoms with Gasteiger partial charge in [0, 0.05) is 23.9 Å². The van der Waals surface area contributed by atoms with Crippen LogP contribution in [0.4, 0.5) is 11.5 Å². The predicted molar refractivity (Wildman–Crippen MR) is 115 cm³/mol. The maximum absolute atomic E-state index is 12.3. The SMILES string of the molecule is [B]c1ccc(C(O)C(=O)Nc2ccc(Cc3cc(NC(=C)C)ncn3)cc2)cc1. The van der Waals surface area contributed by atoms with Crippen molar-refractivity contribution in [3.8, 4) is 0 Å². The van der Waals surface area contributed by atoms with Gasteiger partial charge in [-0.1, -0.05) is 48.4 Å². The van der Waals surface area contributed by atoms with Crippen LogP contribution in [-0.2, 0) is 11.2 Å². The molecule has 3 rings (SSSR count). The van der Waals surface area contributed by atoms with Crippen molar-refractivity contribution >= 4 is 30.7 Å². The molecule has 3 aromatic rings. The lowest BCUT2D eigenvalue weighted by Crippen LogP contribution is -2.21. The molecule has 0 saturated heterocycles. The van der Waals surface area contributed by atoms with Gasteiger partial charge in [0.25, 0.3) is 5.91 Å². The largest absolute Gasteiger partial charge is 0.378 e. The molecule has 2 radical (unpaired) electrons. The fourth-order valence-electron chi connectivity index (χ4n) is 2.74. The molecule has 0 saturated carbocycles. The molecule has 0 fully saturated rings. The molecule has 0 bridgehead atoms. The molecular weight excluding hydrogens is 363 g/mol. The van der Waals surface area contributed by atoms with Crippen molar-refractivity contribution in [2.24, 2.45) is 0 Å². The molecule has 0 aliphatic heterocycles. The molecule has 144 valence electrons. The minimum atomic E-state index is -1.27. The highest BCUT2D eigenvalue weighted by atomic mass is 16.3. The number of nitrogens with zero attached hydrogens (tertiary/aromatic N) is 2. The standard InChI is InChI=1S/C22H21BN4O2/c1-14(2)26-20-12-19(24-13-25-20)11-15-3-9-18(10-4-15)27-22(29)21(28)16-5-7-17(23)8-6-16/h3-10,12-13,21,28H,1,11H2,2H3,(H,27,29)(H,24,25,26). The number of aromatic nitrogens is 2. The third-order valence-electron chi connectivity index (χ3n) is 4.17. The quantitative estimate of drug-likeness (QED) is 0.545. The molecule has 1 atom stereocenters. The molecule has 0 aliphatic carbocycles. The lowest BCUT2D eigenvalue weighted by Gasteiger charge is -2.12. The zero-order valence-corrected chi connectivity index (χ0v) is 16.1. The smallest absolute Gasteiger partial charge is 0.257 e. The Kier molecular flexibility index (Phi) is 6.41. The van der Waals surface area contributed by atoms with Gasteiger partial charge in [-0.2, -0.15) is 0 Å². The van der Waals surface area contributed by atoms with E-state index < -0.39 is 12.0 Å². The summed E-state index contributed by atoms with van der Waals surface area (Å²) in [5.74, 6) is 0.192. The molecular formula is C22H21BN4O2. The molecule has 2 aromatic carbocycles. The average molecular weight is 384 g/mol. The summed E-state index contributed by atoms with van der Waals surface area (Å²) >= 11 is 0. The van der Waals surface area contributed by atoms with Gasteiger partial charge >= 0.3 is 0 Å². The van der Waals surface area contributed by atoms with E-state index in [9.17, 15) is 9.90 Å². The number of aliphatic hydroxyl groups is 1. The zero-order valence-electron chi connectivity index (χ0n) is 16.1. The Balaban J connectivity index is 1.62. The highest BCUT2D eigenvalue weighted by Gasteiger charge is 2.17. The van der Waals surface area contributed by atoms with E-state index in [1.807, 2.05) is 25.1 Å². The first-order valence-electron chi connectivity index (χ1n) is 9.07. The second-order valence-corrected chi connectivity index (χ2v) is 6.73. The second kappa shape index (κ2) is 9.17. The molecule has 3 N–H and O–H groups in total. The van der Waals surface area contributed by atoms with Crippen molar-refractivity contribution in [2.75, 3.05) is 10.6 Å². The normalized spacial score (nSPS) is 11.5. The monoisotopic (exact) mass is 384 g/mol. The summed E-state index contributed by atoms with van der Waals surface area (Å²) in [4.78, 5) is 20.7. The van der Waals surface area contributed by atoms with E-state index in [0.717, 1.165) is 17.0 Å². The molecule has 0 aliphatic rings. The second-order valence-electron chi connectivity index (χ2n) is 6.73. The van der Waals surface area contributed by atoms with Crippen molar-refractivity contribution in [1.29, 1.82) is 0 Å². The first kappa shape index (κ1) is 20.3. The van der Waals surface area contributed by atoms with E-state index in [2.05, 4.69) is 27.2 Å². The Hall–Kier alpha value is -3.45. The number of aliphatic hydroxyl groups excluding tert-OH is 1. The van der Waals surface area contributed by atoms with E-state index in [1.54, 1.807) is 36.4 Å². The maximum Gasteiger partial charge on any atom is 0.257 e. The van der Waals surface area contributed by atoms with Gasteiger partial charge in [0.2, 0.25) is 0 Å². The van der Waals surface area contributed by atoms with Gasteiger partial charge in [0.1, 0.15) is 20.0 Å². The first-order chi connectivity index (χ1) is 13.9. The number of amides is 1. The molecule has 6 nitrogen and oxygen atoms in total. The molecule has 29 heavy (non-hydrogen) atoms. The van der Waals surface area contributed by atoms with Crippen molar-refractivity contribution < 1.29 is 9.90 Å². The minimum absolute atomic E-state index is 0.483. The lowest BCUT2D eigenvalue weighted by atomic mass is 9.94. The van der Waals surface area contributed by atoms with Crippen LogP contribution in [0.25, 0.3) is 0 Å². The van der Waals surface area contributed by atoms with Gasteiger partial charge < -0.3 is 15.7 Å². The van der Waals surface area contributed by atoms with Crippen molar-refractivity contribution in [1.82, 2.24) is 9.97 Å². The summed E-state index contributed by atoms with van der Waals surface area (Å²) < 4.78 is 0. The highest BCUT2D eigenvalue weighted by Crippen LogP contribution is 2.17. The van der Waals surface area contributed by atoms with Crippen molar-refractivity contribution in [2.45, 2.75) is 19.4 Å². The third-order valence-corrected chi connectivity index (χ3v) is 4.17. The van der Waals surface area contributed by atoms with Crippen LogP contribution in [-0.4, -0.2) is 28.8 Å². The summed E-state index contributed by atoms with van der Waals surface area (Å²) in [7, 11) is 5.63. The Morgan fingerprint density at radius 1 is 1.10 bits per heavy atom. The molecule has 1 aromatic heterocycles. The number of allylic oxidation sites excluding steroid dienone is 1. The average Bonchev–Trinajstić information content (AvgIpc) is 2.69. The van der Waals surface area contributed by atoms with Gasteiger partial charge in [0.05, 0.1) is 5.69 Å². The summed E-state index contributed by atoms with van der Waals surface area (Å²) in [6, 6.07) is 15.8. The highest BCUT2D eigenvalue weighted by molar-refractivity contribution is 6.32. The first-order valence-corrected chi connectivity index (χ1v) is 9.07. The van der Waals surface area contributed by atoms with E-state index in [-0.39, 0.29) is 0 Å². The number of rotatable bonds is 7. The number of nitrogens with one attached hydrogen (secondary N) is 2. The van der Waals surface area contributed by atoms with E-state index in [1.165, 1.54) is 6.33 Å². The molecule has 0 spiro atoms. The Bertz CT molecular complexity index is 1000. The van der Waals surface area contributed by atoms with E-state index in [4.69, 9.17) is 7.85 Å². The molecule has 7 heteroatoms. The van der Waals surface area contributed by atoms with Crippen LogP contribution in [0.2, 0.25) is 0 Å². The van der Waals surface area contributed by atoms with Crippen LogP contribution < -0.4 is 16.1 Å². The minimum Gasteiger partial charge on any atom is -0.378 e. The van der Waals surface area contributed by atoms with Gasteiger partial charge in [-0.15, -0.1) is 0 Å². The Morgan fingerprint density at radius 2 is 1.79 bits per heavy atom. The number of benzene rings is 2. The number of anilines is 2. The maximum atomic E-state index is 12.3. The fraction of sp³-hybridized carbons (Fsp3) is 0.136. The Morgan fingerprint density at radius 3 is 2.45 bits per heavy atom. The fourth-order valence-corrected chi connectivity index (χ4v) is 2.74. The molecule has 1 amide bonds. The van der Waals surface area contributed by atoms with Crippen LogP contribution in [0.3, 0.4) is 0 Å². The molecule has 1 unspecified atom stereocenters. The van der Waals surface area contributed by atoms with E-state index >= 15 is 0 Å². The van der Waals surface area contributed by atoms with Gasteiger partial charge in [-0.3, -0.25) is 4.79 Å². The van der Waals surface area contributed by atoms with Crippen LogP contribution in [0.1, 0.15) is 29.8 Å². The third kappa shape index (κ3) is 5.76. The summed E-state index contributed by atoms with van der Waals surface area (Å²) in [5.41, 5.74) is 4.34. The van der Waals surface area contributed by atoms with Gasteiger partial charge in [0.15, 0.2) is 6.10 Å². The number of carbonyl (C=O) groups is 1. The van der Waals surface area contributed by atoms with Crippen LogP contribution in [0, 0.1) is 0 Å². The van der Waals surface area contributed by atoms with Gasteiger partial charge in [-0.05, 0) is 30.2 Å². The van der Waals surface area contributed by atoms with Crippen LogP contribution in [0.15, 0.2) is 73.2 Å². The van der Waals surface area contributed by atoms with E-state index in [0.29, 0.717) is 29.0 Å². The van der Waals surface area contributed by atoms with Crippen molar-refractivity contribution in [3.05, 3.63) is 90.0 Å². The van der Waals surface area contributed by atoms with Gasteiger partial charge in [-0.25, -0.2) is 9.97 Å². The van der Waals surface area contributed by atoms with Crippen molar-refractivity contribution in [3.63, 3.8) is 0 Å². The molecule has 1 heterocycles. The number of carbonyl (C=O) groups excluding carboxylic acids is 1. The summed E-state index contributed by atoms with van der Waals surface area (Å²) in [5, 5.41) is 16.0. The Labute approximate surface area is 171 Å². The number of hydrogen-bond donors (Lipinski definition) is 3. The predicted octanol–water partition coefficient (Wildman–Crippen LogP) is 2.48. The topological polar surface area (TPSA) is 87.1 Å². The zero-order chi connectivity index (χ0) is 20.8. The summed E-state index contributed by atoms with van der Waals surface area (Å²) in [6.45, 7) is 5.66. The van der Waals surface area contributed by atoms with Crippen LogP contribution in [0.5, 0.6) is 0 Å². The number of hydrogen-bond acceptors (Lipinski definition) is 5. The lowest BCUT2D eigenvalue weighted by molar-refractivity contribution is -0.124. The summed E-state index contributed by atoms with van der Waals surface area (Å²) in [6.07, 6.45) is 0.860.